The van der Waals surface area contributed by atoms with E-state index in [9.17, 15) is 0 Å². The summed E-state index contributed by atoms with van der Waals surface area (Å²) in [6.07, 6.45) is 2.87. The van der Waals surface area contributed by atoms with Crippen molar-refractivity contribution in [2.45, 2.75) is 40.0 Å². The lowest BCUT2D eigenvalue weighted by molar-refractivity contribution is 0.832. The van der Waals surface area contributed by atoms with Gasteiger partial charge in [0.25, 0.3) is 0 Å². The summed E-state index contributed by atoms with van der Waals surface area (Å²) in [6, 6.07) is 1.97. The number of rotatable bonds is 8. The Morgan fingerprint density at radius 2 is 1.81 bits per heavy atom. The highest BCUT2D eigenvalue weighted by Crippen LogP contribution is 2.13. The molecule has 2 rings (SSSR count). The minimum Gasteiger partial charge on any atom is -0.370 e. The Morgan fingerprint density at radius 1 is 1.05 bits per heavy atom. The average Bonchev–Trinajstić information content (AvgIpc) is 2.85. The number of nitrogens with zero attached hydrogens (tertiary/aromatic N) is 3. The van der Waals surface area contributed by atoms with Gasteiger partial charge in [-0.15, -0.1) is 11.3 Å². The van der Waals surface area contributed by atoms with E-state index in [1.54, 1.807) is 11.3 Å². The first kappa shape index (κ1) is 15.7. The van der Waals surface area contributed by atoms with E-state index in [2.05, 4.69) is 44.8 Å². The zero-order valence-corrected chi connectivity index (χ0v) is 13.8. The number of thiazole rings is 1. The molecule has 2 aromatic heterocycles. The molecule has 0 bridgehead atoms. The predicted molar refractivity (Wildman–Crippen MR) is 89.2 cm³/mol. The summed E-state index contributed by atoms with van der Waals surface area (Å²) in [6.45, 7) is 7.93. The molecule has 0 atom stereocenters. The van der Waals surface area contributed by atoms with E-state index in [1.165, 1.54) is 0 Å². The maximum absolute atomic E-state index is 4.56. The van der Waals surface area contributed by atoms with Crippen LogP contribution < -0.4 is 10.6 Å². The Morgan fingerprint density at radius 3 is 2.43 bits per heavy atom. The van der Waals surface area contributed by atoms with E-state index in [0.29, 0.717) is 0 Å². The number of anilines is 2. The van der Waals surface area contributed by atoms with Crippen molar-refractivity contribution in [3.05, 3.63) is 28.0 Å². The van der Waals surface area contributed by atoms with Gasteiger partial charge in [-0.2, -0.15) is 0 Å². The summed E-state index contributed by atoms with van der Waals surface area (Å²) in [5.74, 6) is 2.67. The van der Waals surface area contributed by atoms with Crippen LogP contribution in [0.5, 0.6) is 0 Å². The van der Waals surface area contributed by atoms with E-state index in [0.717, 1.165) is 60.5 Å². The van der Waals surface area contributed by atoms with Crippen molar-refractivity contribution in [3.8, 4) is 0 Å². The lowest BCUT2D eigenvalue weighted by Gasteiger charge is -2.10. The molecule has 0 saturated carbocycles. The molecule has 2 heterocycles. The van der Waals surface area contributed by atoms with Crippen LogP contribution in [0.25, 0.3) is 0 Å². The van der Waals surface area contributed by atoms with Crippen LogP contribution in [0.3, 0.4) is 0 Å². The lowest BCUT2D eigenvalue weighted by atomic mass is 10.3. The van der Waals surface area contributed by atoms with Crippen molar-refractivity contribution in [3.63, 3.8) is 0 Å². The Bertz CT molecular complexity index is 543. The van der Waals surface area contributed by atoms with E-state index in [1.807, 2.05) is 13.0 Å². The van der Waals surface area contributed by atoms with Gasteiger partial charge in [-0.3, -0.25) is 0 Å². The Labute approximate surface area is 130 Å². The largest absolute Gasteiger partial charge is 0.370 e. The number of hydrogen-bond donors (Lipinski definition) is 2. The quantitative estimate of drug-likeness (QED) is 0.783. The molecule has 6 heteroatoms. The van der Waals surface area contributed by atoms with Crippen LogP contribution in [0.2, 0.25) is 0 Å². The predicted octanol–water partition coefficient (Wildman–Crippen LogP) is 3.28. The van der Waals surface area contributed by atoms with Crippen LogP contribution in [-0.2, 0) is 12.8 Å². The molecule has 21 heavy (non-hydrogen) atoms. The van der Waals surface area contributed by atoms with Crippen molar-refractivity contribution >= 4 is 23.0 Å². The maximum Gasteiger partial charge on any atom is 0.133 e. The van der Waals surface area contributed by atoms with Gasteiger partial charge in [-0.1, -0.05) is 6.92 Å². The summed E-state index contributed by atoms with van der Waals surface area (Å²) in [5, 5.41) is 9.88. The first-order valence-electron chi connectivity index (χ1n) is 7.48. The van der Waals surface area contributed by atoms with Crippen molar-refractivity contribution in [2.24, 2.45) is 0 Å². The first-order chi connectivity index (χ1) is 10.2. The molecule has 0 amide bonds. The number of aromatic nitrogens is 3. The van der Waals surface area contributed by atoms with Gasteiger partial charge in [0.1, 0.15) is 17.5 Å². The summed E-state index contributed by atoms with van der Waals surface area (Å²) < 4.78 is 0. The highest BCUT2D eigenvalue weighted by molar-refractivity contribution is 7.09. The Hall–Kier alpha value is -1.69. The second-order valence-electron chi connectivity index (χ2n) is 4.89. The highest BCUT2D eigenvalue weighted by Gasteiger charge is 2.04. The molecule has 0 aliphatic rings. The van der Waals surface area contributed by atoms with Crippen LogP contribution in [0.4, 0.5) is 11.6 Å². The number of hydrogen-bond acceptors (Lipinski definition) is 6. The average molecular weight is 305 g/mol. The second-order valence-corrected chi connectivity index (χ2v) is 5.84. The molecule has 0 aromatic carbocycles. The smallest absolute Gasteiger partial charge is 0.133 e. The van der Waals surface area contributed by atoms with Crippen LogP contribution in [0.1, 0.15) is 36.8 Å². The molecule has 0 spiro atoms. The topological polar surface area (TPSA) is 62.7 Å². The number of nitrogens with one attached hydrogen (secondary N) is 2. The van der Waals surface area contributed by atoms with Crippen LogP contribution in [0, 0.1) is 6.92 Å². The van der Waals surface area contributed by atoms with Crippen molar-refractivity contribution in [1.29, 1.82) is 0 Å². The lowest BCUT2D eigenvalue weighted by Crippen LogP contribution is -2.10. The molecule has 114 valence electrons. The monoisotopic (exact) mass is 305 g/mol. The van der Waals surface area contributed by atoms with Gasteiger partial charge in [0.2, 0.25) is 0 Å². The second kappa shape index (κ2) is 7.93. The van der Waals surface area contributed by atoms with Crippen molar-refractivity contribution in [1.82, 2.24) is 15.0 Å². The molecule has 0 saturated heterocycles. The number of aryl methyl sites for hydroxylation is 2. The summed E-state index contributed by atoms with van der Waals surface area (Å²) in [7, 11) is 0. The molecule has 0 radical (unpaired) electrons. The third-order valence-electron chi connectivity index (χ3n) is 2.92. The third-order valence-corrected chi connectivity index (χ3v) is 3.94. The molecular formula is C15H23N5S. The Balaban J connectivity index is 1.97. The van der Waals surface area contributed by atoms with Gasteiger partial charge < -0.3 is 10.6 Å². The summed E-state index contributed by atoms with van der Waals surface area (Å²) in [5.41, 5.74) is 1.09. The van der Waals surface area contributed by atoms with E-state index >= 15 is 0 Å². The minimum absolute atomic E-state index is 0.834. The van der Waals surface area contributed by atoms with Gasteiger partial charge in [-0.25, -0.2) is 15.0 Å². The molecule has 2 N–H and O–H groups in total. The fourth-order valence-electron chi connectivity index (χ4n) is 2.01. The maximum atomic E-state index is 4.56. The normalized spacial score (nSPS) is 10.6. The molecule has 0 unspecified atom stereocenters. The molecule has 0 aliphatic heterocycles. The fourth-order valence-corrected chi connectivity index (χ4v) is 2.79. The SMILES string of the molecule is CCCc1nc(NCC)cc(NCCc2nc(C)cs2)n1. The fraction of sp³-hybridized carbons (Fsp3) is 0.533. The van der Waals surface area contributed by atoms with E-state index < -0.39 is 0 Å². The molecule has 0 fully saturated rings. The van der Waals surface area contributed by atoms with Crippen molar-refractivity contribution < 1.29 is 0 Å². The van der Waals surface area contributed by atoms with Gasteiger partial charge in [0.05, 0.1) is 5.01 Å². The molecule has 2 aromatic rings. The summed E-state index contributed by atoms with van der Waals surface area (Å²) in [4.78, 5) is 13.5. The zero-order chi connectivity index (χ0) is 15.1. The van der Waals surface area contributed by atoms with Crippen LogP contribution >= 0.6 is 11.3 Å². The van der Waals surface area contributed by atoms with Crippen LogP contribution in [0.15, 0.2) is 11.4 Å². The zero-order valence-electron chi connectivity index (χ0n) is 12.9. The van der Waals surface area contributed by atoms with Crippen LogP contribution in [-0.4, -0.2) is 28.0 Å². The first-order valence-corrected chi connectivity index (χ1v) is 8.36. The molecular weight excluding hydrogens is 282 g/mol. The van der Waals surface area contributed by atoms with Gasteiger partial charge in [0, 0.05) is 43.1 Å². The highest BCUT2D eigenvalue weighted by atomic mass is 32.1. The van der Waals surface area contributed by atoms with Gasteiger partial charge in [0.15, 0.2) is 0 Å². The standard InChI is InChI=1S/C15H23N5S/c1-4-6-12-19-13(16-5-2)9-14(20-12)17-8-7-15-18-11(3)10-21-15/h9-10H,4-8H2,1-3H3,(H2,16,17,19,20). The third kappa shape index (κ3) is 4.97. The summed E-state index contributed by atoms with van der Waals surface area (Å²) >= 11 is 1.71. The van der Waals surface area contributed by atoms with Crippen molar-refractivity contribution in [2.75, 3.05) is 23.7 Å². The van der Waals surface area contributed by atoms with E-state index in [4.69, 9.17) is 0 Å². The van der Waals surface area contributed by atoms with E-state index in [-0.39, 0.29) is 0 Å². The molecule has 5 nitrogen and oxygen atoms in total. The minimum atomic E-state index is 0.834. The van der Waals surface area contributed by atoms with Gasteiger partial charge in [-0.05, 0) is 20.3 Å². The van der Waals surface area contributed by atoms with Gasteiger partial charge >= 0.3 is 0 Å². The Kier molecular flexibility index (Phi) is 5.92. The molecule has 0 aliphatic carbocycles.